The van der Waals surface area contributed by atoms with Crippen LogP contribution in [0.3, 0.4) is 0 Å². The molecular formula is C9H15NO4. The summed E-state index contributed by atoms with van der Waals surface area (Å²) in [5, 5.41) is 11.1. The van der Waals surface area contributed by atoms with Crippen LogP contribution in [-0.4, -0.2) is 36.7 Å². The Morgan fingerprint density at radius 2 is 2.07 bits per heavy atom. The van der Waals surface area contributed by atoms with Gasteiger partial charge in [0.1, 0.15) is 6.61 Å². The number of rotatable bonds is 7. The average molecular weight is 201 g/mol. The summed E-state index contributed by atoms with van der Waals surface area (Å²) in [6.45, 7) is 6.04. The van der Waals surface area contributed by atoms with Gasteiger partial charge in [-0.1, -0.05) is 6.58 Å². The van der Waals surface area contributed by atoms with Crippen molar-refractivity contribution in [2.24, 2.45) is 0 Å². The molecule has 0 aromatic rings. The number of ether oxygens (including phenoxy) is 1. The molecule has 0 aliphatic carbocycles. The van der Waals surface area contributed by atoms with Crippen molar-refractivity contribution < 1.29 is 19.4 Å². The highest BCUT2D eigenvalue weighted by molar-refractivity contribution is 5.86. The molecule has 0 amide bonds. The molecule has 0 heterocycles. The minimum Gasteiger partial charge on any atom is -0.481 e. The van der Waals surface area contributed by atoms with Crippen LogP contribution >= 0.6 is 0 Å². The first-order chi connectivity index (χ1) is 6.54. The standard InChI is InChI=1S/C9H15NO4/c1-7(2)9(13)14-6-5-10-4-3-8(11)12/h10H,1,3-6H2,2H3,(H,11,12). The SMILES string of the molecule is C=C(C)C(=O)OCCNCCC(=O)O. The van der Waals surface area contributed by atoms with Crippen LogP contribution in [0.25, 0.3) is 0 Å². The molecular weight excluding hydrogens is 186 g/mol. The molecule has 0 aromatic carbocycles. The fourth-order valence-electron chi connectivity index (χ4n) is 0.659. The Morgan fingerprint density at radius 3 is 2.57 bits per heavy atom. The van der Waals surface area contributed by atoms with Gasteiger partial charge in [0.15, 0.2) is 0 Å². The fourth-order valence-corrected chi connectivity index (χ4v) is 0.659. The van der Waals surface area contributed by atoms with Gasteiger partial charge in [0, 0.05) is 18.7 Å². The second-order valence-electron chi connectivity index (χ2n) is 2.81. The highest BCUT2D eigenvalue weighted by Gasteiger charge is 2.01. The van der Waals surface area contributed by atoms with Crippen LogP contribution in [0.15, 0.2) is 12.2 Å². The average Bonchev–Trinajstić information content (AvgIpc) is 2.09. The first-order valence-corrected chi connectivity index (χ1v) is 4.29. The van der Waals surface area contributed by atoms with E-state index in [0.29, 0.717) is 18.7 Å². The van der Waals surface area contributed by atoms with E-state index in [-0.39, 0.29) is 13.0 Å². The first kappa shape index (κ1) is 12.6. The van der Waals surface area contributed by atoms with Crippen LogP contribution in [-0.2, 0) is 14.3 Å². The monoisotopic (exact) mass is 201 g/mol. The number of carbonyl (C=O) groups excluding carboxylic acids is 1. The van der Waals surface area contributed by atoms with E-state index in [1.807, 2.05) is 0 Å². The normalized spacial score (nSPS) is 9.50. The van der Waals surface area contributed by atoms with Crippen molar-refractivity contribution in [2.75, 3.05) is 19.7 Å². The number of carboxylic acid groups (broad SMARTS) is 1. The number of hydrogen-bond acceptors (Lipinski definition) is 4. The smallest absolute Gasteiger partial charge is 0.333 e. The van der Waals surface area contributed by atoms with Gasteiger partial charge in [0.05, 0.1) is 6.42 Å². The van der Waals surface area contributed by atoms with E-state index in [1.54, 1.807) is 6.92 Å². The Bertz CT molecular complexity index is 225. The maximum Gasteiger partial charge on any atom is 0.333 e. The molecule has 5 heteroatoms. The summed E-state index contributed by atoms with van der Waals surface area (Å²) in [5.74, 6) is -1.28. The Labute approximate surface area is 82.7 Å². The lowest BCUT2D eigenvalue weighted by Gasteiger charge is -2.04. The van der Waals surface area contributed by atoms with Crippen molar-refractivity contribution in [3.8, 4) is 0 Å². The van der Waals surface area contributed by atoms with Gasteiger partial charge in [0.2, 0.25) is 0 Å². The second-order valence-corrected chi connectivity index (χ2v) is 2.81. The van der Waals surface area contributed by atoms with Gasteiger partial charge in [-0.05, 0) is 6.92 Å². The molecule has 0 aliphatic rings. The molecule has 0 radical (unpaired) electrons. The third kappa shape index (κ3) is 7.30. The number of nitrogens with one attached hydrogen (secondary N) is 1. The first-order valence-electron chi connectivity index (χ1n) is 4.29. The summed E-state index contributed by atoms with van der Waals surface area (Å²) in [6.07, 6.45) is 0.0639. The van der Waals surface area contributed by atoms with Crippen LogP contribution in [0.2, 0.25) is 0 Å². The lowest BCUT2D eigenvalue weighted by molar-refractivity contribution is -0.139. The molecule has 0 saturated carbocycles. The molecule has 0 bridgehead atoms. The predicted molar refractivity (Wildman–Crippen MR) is 50.9 cm³/mol. The Kier molecular flexibility index (Phi) is 6.39. The molecule has 0 aliphatic heterocycles. The van der Waals surface area contributed by atoms with Gasteiger partial charge in [-0.3, -0.25) is 4.79 Å². The van der Waals surface area contributed by atoms with Gasteiger partial charge in [0.25, 0.3) is 0 Å². The van der Waals surface area contributed by atoms with Gasteiger partial charge < -0.3 is 15.2 Å². The largest absolute Gasteiger partial charge is 0.481 e. The van der Waals surface area contributed by atoms with Crippen molar-refractivity contribution in [3.63, 3.8) is 0 Å². The van der Waals surface area contributed by atoms with E-state index in [1.165, 1.54) is 0 Å². The summed E-state index contributed by atoms with van der Waals surface area (Å²) in [6, 6.07) is 0. The zero-order valence-corrected chi connectivity index (χ0v) is 8.21. The van der Waals surface area contributed by atoms with Crippen molar-refractivity contribution in [2.45, 2.75) is 13.3 Å². The number of hydrogen-bond donors (Lipinski definition) is 2. The molecule has 0 fully saturated rings. The molecule has 0 spiro atoms. The maximum absolute atomic E-state index is 10.8. The number of carboxylic acids is 1. The molecule has 14 heavy (non-hydrogen) atoms. The van der Waals surface area contributed by atoms with E-state index in [0.717, 1.165) is 0 Å². The molecule has 0 atom stereocenters. The van der Waals surface area contributed by atoms with Gasteiger partial charge in [-0.15, -0.1) is 0 Å². The van der Waals surface area contributed by atoms with Gasteiger partial charge >= 0.3 is 11.9 Å². The maximum atomic E-state index is 10.8. The quantitative estimate of drug-likeness (QED) is 0.349. The van der Waals surface area contributed by atoms with E-state index in [9.17, 15) is 9.59 Å². The van der Waals surface area contributed by atoms with Gasteiger partial charge in [-0.2, -0.15) is 0 Å². The summed E-state index contributed by atoms with van der Waals surface area (Å²) in [7, 11) is 0. The van der Waals surface area contributed by atoms with Crippen LogP contribution < -0.4 is 5.32 Å². The highest BCUT2D eigenvalue weighted by Crippen LogP contribution is 1.90. The number of aliphatic carboxylic acids is 1. The lowest BCUT2D eigenvalue weighted by atomic mass is 10.4. The molecule has 5 nitrogen and oxygen atoms in total. The third-order valence-electron chi connectivity index (χ3n) is 1.38. The molecule has 2 N–H and O–H groups in total. The summed E-state index contributed by atoms with van der Waals surface area (Å²) >= 11 is 0. The third-order valence-corrected chi connectivity index (χ3v) is 1.38. The zero-order chi connectivity index (χ0) is 11.0. The molecule has 0 aromatic heterocycles. The number of carbonyl (C=O) groups is 2. The van der Waals surface area contributed by atoms with Crippen LogP contribution in [0.5, 0.6) is 0 Å². The minimum atomic E-state index is -0.851. The molecule has 80 valence electrons. The van der Waals surface area contributed by atoms with Crippen molar-refractivity contribution in [1.29, 1.82) is 0 Å². The Morgan fingerprint density at radius 1 is 1.43 bits per heavy atom. The summed E-state index contributed by atoms with van der Waals surface area (Å²) < 4.78 is 4.76. The second kappa shape index (κ2) is 7.08. The van der Waals surface area contributed by atoms with E-state index >= 15 is 0 Å². The lowest BCUT2D eigenvalue weighted by Crippen LogP contribution is -2.24. The van der Waals surface area contributed by atoms with E-state index in [2.05, 4.69) is 11.9 Å². The topological polar surface area (TPSA) is 75.6 Å². The summed E-state index contributed by atoms with van der Waals surface area (Å²) in [5.41, 5.74) is 0.357. The molecule has 0 unspecified atom stereocenters. The van der Waals surface area contributed by atoms with Crippen molar-refractivity contribution in [3.05, 3.63) is 12.2 Å². The fraction of sp³-hybridized carbons (Fsp3) is 0.556. The van der Waals surface area contributed by atoms with Crippen molar-refractivity contribution in [1.82, 2.24) is 5.32 Å². The van der Waals surface area contributed by atoms with E-state index in [4.69, 9.17) is 9.84 Å². The number of esters is 1. The van der Waals surface area contributed by atoms with Gasteiger partial charge in [-0.25, -0.2) is 4.79 Å². The highest BCUT2D eigenvalue weighted by atomic mass is 16.5. The Hall–Kier alpha value is -1.36. The van der Waals surface area contributed by atoms with Crippen LogP contribution in [0, 0.1) is 0 Å². The van der Waals surface area contributed by atoms with Crippen LogP contribution in [0.4, 0.5) is 0 Å². The van der Waals surface area contributed by atoms with E-state index < -0.39 is 11.9 Å². The molecule has 0 saturated heterocycles. The Balaban J connectivity index is 3.26. The zero-order valence-electron chi connectivity index (χ0n) is 8.21. The minimum absolute atomic E-state index is 0.0639. The van der Waals surface area contributed by atoms with Crippen LogP contribution in [0.1, 0.15) is 13.3 Å². The summed E-state index contributed by atoms with van der Waals surface area (Å²) in [4.78, 5) is 20.9. The predicted octanol–water partition coefficient (Wildman–Crippen LogP) is 0.170. The van der Waals surface area contributed by atoms with Crippen molar-refractivity contribution >= 4 is 11.9 Å². The molecule has 0 rings (SSSR count).